The summed E-state index contributed by atoms with van der Waals surface area (Å²) in [4.78, 5) is 33.6. The van der Waals surface area contributed by atoms with Crippen LogP contribution in [0.15, 0.2) is 60.7 Å². The molecule has 172 valence electrons. The SMILES string of the molecule is O=CCNc1cc2cc(n1)-c1ccccc1OCCCCCn1c(nc3ccccc31)NC2=O. The molecule has 1 aliphatic heterocycles. The van der Waals surface area contributed by atoms with E-state index in [4.69, 9.17) is 4.74 Å². The minimum atomic E-state index is -0.303. The summed E-state index contributed by atoms with van der Waals surface area (Å²) in [6.45, 7) is 1.41. The van der Waals surface area contributed by atoms with Crippen LogP contribution >= 0.6 is 0 Å². The van der Waals surface area contributed by atoms with Gasteiger partial charge in [-0.2, -0.15) is 0 Å². The molecule has 0 atom stereocenters. The molecule has 5 rings (SSSR count). The van der Waals surface area contributed by atoms with Gasteiger partial charge in [0.25, 0.3) is 5.91 Å². The average molecular weight is 456 g/mol. The Morgan fingerprint density at radius 1 is 1.03 bits per heavy atom. The molecule has 1 aliphatic rings. The van der Waals surface area contributed by atoms with E-state index < -0.39 is 0 Å². The number of benzene rings is 2. The van der Waals surface area contributed by atoms with E-state index >= 15 is 0 Å². The van der Waals surface area contributed by atoms with Gasteiger partial charge >= 0.3 is 0 Å². The molecule has 0 radical (unpaired) electrons. The second-order valence-corrected chi connectivity index (χ2v) is 8.11. The van der Waals surface area contributed by atoms with Crippen LogP contribution in [-0.4, -0.2) is 39.9 Å². The van der Waals surface area contributed by atoms with Crippen molar-refractivity contribution >= 4 is 35.0 Å². The van der Waals surface area contributed by atoms with Gasteiger partial charge in [-0.3, -0.25) is 10.1 Å². The van der Waals surface area contributed by atoms with E-state index in [2.05, 4.69) is 25.2 Å². The first kappa shape index (κ1) is 21.6. The highest BCUT2D eigenvalue weighted by Gasteiger charge is 2.18. The predicted octanol–water partition coefficient (Wildman–Crippen LogP) is 4.52. The minimum Gasteiger partial charge on any atom is -0.493 e. The molecule has 2 bridgehead atoms. The molecule has 1 amide bonds. The molecular formula is C26H25N5O3. The highest BCUT2D eigenvalue weighted by Crippen LogP contribution is 2.31. The average Bonchev–Trinajstić information content (AvgIpc) is 3.21. The van der Waals surface area contributed by atoms with Crippen molar-refractivity contribution in [3.63, 3.8) is 0 Å². The highest BCUT2D eigenvalue weighted by atomic mass is 16.5. The van der Waals surface area contributed by atoms with Gasteiger partial charge in [0.2, 0.25) is 5.95 Å². The van der Waals surface area contributed by atoms with Crippen molar-refractivity contribution in [2.45, 2.75) is 25.8 Å². The Morgan fingerprint density at radius 2 is 1.88 bits per heavy atom. The van der Waals surface area contributed by atoms with E-state index in [-0.39, 0.29) is 12.5 Å². The van der Waals surface area contributed by atoms with Crippen LogP contribution in [0.4, 0.5) is 11.8 Å². The van der Waals surface area contributed by atoms with Crippen molar-refractivity contribution in [3.05, 3.63) is 66.2 Å². The van der Waals surface area contributed by atoms with Gasteiger partial charge in [-0.1, -0.05) is 24.3 Å². The quantitative estimate of drug-likeness (QED) is 0.441. The molecule has 4 aromatic rings. The molecule has 0 aliphatic carbocycles. The van der Waals surface area contributed by atoms with Crippen LogP contribution in [-0.2, 0) is 11.3 Å². The molecule has 0 saturated heterocycles. The summed E-state index contributed by atoms with van der Waals surface area (Å²) in [5, 5.41) is 5.95. The minimum absolute atomic E-state index is 0.0887. The zero-order chi connectivity index (χ0) is 23.3. The number of nitrogens with zero attached hydrogens (tertiary/aromatic N) is 3. The molecule has 8 heteroatoms. The van der Waals surface area contributed by atoms with E-state index in [9.17, 15) is 9.59 Å². The number of carbonyl (C=O) groups is 2. The van der Waals surface area contributed by atoms with Crippen molar-refractivity contribution in [1.82, 2.24) is 14.5 Å². The standard InChI is InChI=1S/C26H25N5O3/c32-14-12-27-24-17-18-16-21(28-24)19-8-2-5-11-23(19)34-15-7-1-6-13-31-22-10-4-3-9-20(22)29-26(31)30-25(18)33/h2-5,8-11,14,16-17H,1,6-7,12-13,15H2,(H,27,28)(H,29,30,33). The number of amides is 1. The Bertz CT molecular complexity index is 1350. The molecule has 2 aromatic heterocycles. The maximum absolute atomic E-state index is 13.4. The molecule has 0 fully saturated rings. The van der Waals surface area contributed by atoms with Crippen molar-refractivity contribution in [2.75, 3.05) is 23.8 Å². The number of ether oxygens (including phenoxy) is 1. The van der Waals surface area contributed by atoms with Crippen LogP contribution in [0, 0.1) is 0 Å². The van der Waals surface area contributed by atoms with Crippen molar-refractivity contribution in [1.29, 1.82) is 0 Å². The number of hydrogen-bond donors (Lipinski definition) is 2. The van der Waals surface area contributed by atoms with Crippen molar-refractivity contribution in [2.24, 2.45) is 0 Å². The fraction of sp³-hybridized carbons (Fsp3) is 0.231. The number of aryl methyl sites for hydroxylation is 1. The normalized spacial score (nSPS) is 14.1. The molecule has 34 heavy (non-hydrogen) atoms. The number of carbonyl (C=O) groups excluding carboxylic acids is 2. The Hall–Kier alpha value is -4.20. The Morgan fingerprint density at radius 3 is 2.79 bits per heavy atom. The van der Waals surface area contributed by atoms with E-state index in [0.717, 1.165) is 48.7 Å². The van der Waals surface area contributed by atoms with Crippen LogP contribution in [0.5, 0.6) is 5.75 Å². The topological polar surface area (TPSA) is 98.1 Å². The number of aldehydes is 1. The first-order chi connectivity index (χ1) is 16.7. The Labute approximate surface area is 197 Å². The number of para-hydroxylation sites is 3. The van der Waals surface area contributed by atoms with Gasteiger partial charge in [-0.05, 0) is 55.7 Å². The van der Waals surface area contributed by atoms with Gasteiger partial charge in [0.1, 0.15) is 17.9 Å². The number of rotatable bonds is 3. The van der Waals surface area contributed by atoms with Gasteiger partial charge in [0, 0.05) is 17.7 Å². The van der Waals surface area contributed by atoms with Crippen LogP contribution in [0.25, 0.3) is 22.3 Å². The Balaban J connectivity index is 1.61. The molecule has 0 unspecified atom stereocenters. The van der Waals surface area contributed by atoms with Gasteiger partial charge < -0.3 is 19.4 Å². The monoisotopic (exact) mass is 455 g/mol. The third-order valence-corrected chi connectivity index (χ3v) is 5.78. The lowest BCUT2D eigenvalue weighted by molar-refractivity contribution is -0.106. The summed E-state index contributed by atoms with van der Waals surface area (Å²) in [6.07, 6.45) is 3.57. The summed E-state index contributed by atoms with van der Waals surface area (Å²) < 4.78 is 8.15. The smallest absolute Gasteiger partial charge is 0.258 e. The molecule has 3 heterocycles. The second-order valence-electron chi connectivity index (χ2n) is 8.11. The van der Waals surface area contributed by atoms with Crippen LogP contribution in [0.3, 0.4) is 0 Å². The zero-order valence-electron chi connectivity index (χ0n) is 18.7. The zero-order valence-corrected chi connectivity index (χ0v) is 18.7. The molecule has 0 spiro atoms. The fourth-order valence-corrected chi connectivity index (χ4v) is 4.14. The van der Waals surface area contributed by atoms with E-state index in [0.29, 0.717) is 35.4 Å². The first-order valence-electron chi connectivity index (χ1n) is 11.4. The highest BCUT2D eigenvalue weighted by molar-refractivity contribution is 6.05. The van der Waals surface area contributed by atoms with Crippen LogP contribution < -0.4 is 15.4 Å². The number of fused-ring (bicyclic) bond motifs is 7. The fourth-order valence-electron chi connectivity index (χ4n) is 4.14. The van der Waals surface area contributed by atoms with Gasteiger partial charge in [-0.15, -0.1) is 0 Å². The van der Waals surface area contributed by atoms with E-state index in [1.807, 2.05) is 48.5 Å². The van der Waals surface area contributed by atoms with E-state index in [1.165, 1.54) is 0 Å². The first-order valence-corrected chi connectivity index (χ1v) is 11.4. The maximum atomic E-state index is 13.4. The molecule has 2 N–H and O–H groups in total. The Kier molecular flexibility index (Phi) is 6.20. The summed E-state index contributed by atoms with van der Waals surface area (Å²) in [5.41, 5.74) is 3.59. The molecule has 2 aromatic carbocycles. The largest absolute Gasteiger partial charge is 0.493 e. The number of imidazole rings is 1. The third kappa shape index (κ3) is 4.47. The number of pyridine rings is 1. The lowest BCUT2D eigenvalue weighted by Gasteiger charge is -2.13. The van der Waals surface area contributed by atoms with Crippen molar-refractivity contribution < 1.29 is 14.3 Å². The number of hydrogen-bond acceptors (Lipinski definition) is 6. The number of nitrogens with one attached hydrogen (secondary N) is 2. The third-order valence-electron chi connectivity index (χ3n) is 5.78. The number of aromatic nitrogens is 3. The second kappa shape index (κ2) is 9.74. The summed E-state index contributed by atoms with van der Waals surface area (Å²) in [6, 6.07) is 18.9. The maximum Gasteiger partial charge on any atom is 0.258 e. The number of anilines is 2. The molecular weight excluding hydrogens is 430 g/mol. The van der Waals surface area contributed by atoms with Crippen molar-refractivity contribution in [3.8, 4) is 17.0 Å². The lowest BCUT2D eigenvalue weighted by Crippen LogP contribution is -2.17. The molecule has 0 saturated carbocycles. The van der Waals surface area contributed by atoms with Crippen LogP contribution in [0.2, 0.25) is 0 Å². The summed E-state index contributed by atoms with van der Waals surface area (Å²) in [7, 11) is 0. The van der Waals surface area contributed by atoms with Gasteiger partial charge in [0.05, 0.1) is 29.9 Å². The summed E-state index contributed by atoms with van der Waals surface area (Å²) >= 11 is 0. The lowest BCUT2D eigenvalue weighted by atomic mass is 10.1. The molecule has 8 nitrogen and oxygen atoms in total. The van der Waals surface area contributed by atoms with E-state index in [1.54, 1.807) is 12.1 Å². The summed E-state index contributed by atoms with van der Waals surface area (Å²) in [5.74, 6) is 1.35. The van der Waals surface area contributed by atoms with Gasteiger partial charge in [0.15, 0.2) is 0 Å². The van der Waals surface area contributed by atoms with Crippen LogP contribution in [0.1, 0.15) is 29.6 Å². The van der Waals surface area contributed by atoms with Gasteiger partial charge in [-0.25, -0.2) is 9.97 Å². The predicted molar refractivity (Wildman–Crippen MR) is 131 cm³/mol.